The summed E-state index contributed by atoms with van der Waals surface area (Å²) in [7, 11) is -4.58. The van der Waals surface area contributed by atoms with E-state index in [0.29, 0.717) is 0 Å². The number of hydrogen-bond acceptors (Lipinski definition) is 2. The van der Waals surface area contributed by atoms with Crippen LogP contribution in [0.2, 0.25) is 0 Å². The highest BCUT2D eigenvalue weighted by Gasteiger charge is 2.23. The van der Waals surface area contributed by atoms with Crippen molar-refractivity contribution in [2.75, 3.05) is 4.72 Å². The fourth-order valence-electron chi connectivity index (χ4n) is 0.896. The molecule has 1 N–H and O–H groups in total. The third-order valence-electron chi connectivity index (χ3n) is 1.64. The molecule has 0 heterocycles. The molecule has 0 aromatic heterocycles. The van der Waals surface area contributed by atoms with E-state index in [4.69, 9.17) is 0 Å². The molecule has 1 aromatic rings. The molecule has 0 saturated carbocycles. The molecule has 0 spiro atoms. The standard InChI is InChI=1S/C9H9F2NO2S/c1-2-7-3-5-8(6-4-7)12-15(13,14)9(10)11/h2-6,9,12H,1H2. The van der Waals surface area contributed by atoms with E-state index >= 15 is 0 Å². The van der Waals surface area contributed by atoms with E-state index in [2.05, 4.69) is 6.58 Å². The predicted octanol–water partition coefficient (Wildman–Crippen LogP) is 2.29. The van der Waals surface area contributed by atoms with Crippen LogP contribution in [0.4, 0.5) is 14.5 Å². The van der Waals surface area contributed by atoms with Gasteiger partial charge in [-0.25, -0.2) is 8.42 Å². The van der Waals surface area contributed by atoms with Crippen molar-refractivity contribution >= 4 is 21.8 Å². The maximum absolute atomic E-state index is 12.0. The maximum Gasteiger partial charge on any atom is 0.355 e. The van der Waals surface area contributed by atoms with Crippen LogP contribution in [-0.4, -0.2) is 14.2 Å². The summed E-state index contributed by atoms with van der Waals surface area (Å²) in [5.74, 6) is -3.43. The van der Waals surface area contributed by atoms with Gasteiger partial charge in [-0.05, 0) is 17.7 Å². The molecule has 0 saturated heterocycles. The Balaban J connectivity index is 2.87. The number of nitrogens with one attached hydrogen (secondary N) is 1. The molecule has 0 unspecified atom stereocenters. The summed E-state index contributed by atoms with van der Waals surface area (Å²) in [4.78, 5) is 0. The lowest BCUT2D eigenvalue weighted by atomic mass is 10.2. The summed E-state index contributed by atoms with van der Waals surface area (Å²) in [6.07, 6.45) is 1.56. The lowest BCUT2D eigenvalue weighted by molar-refractivity contribution is 0.236. The van der Waals surface area contributed by atoms with Gasteiger partial charge in [0.2, 0.25) is 0 Å². The van der Waals surface area contributed by atoms with E-state index in [1.807, 2.05) is 0 Å². The molecule has 0 amide bonds. The lowest BCUT2D eigenvalue weighted by Gasteiger charge is -2.06. The molecule has 0 aliphatic carbocycles. The molecule has 1 rings (SSSR count). The van der Waals surface area contributed by atoms with Gasteiger partial charge in [0.1, 0.15) is 0 Å². The average Bonchev–Trinajstić information content (AvgIpc) is 2.18. The summed E-state index contributed by atoms with van der Waals surface area (Å²) in [5, 5.41) is 0. The van der Waals surface area contributed by atoms with Crippen molar-refractivity contribution in [1.29, 1.82) is 0 Å². The molecule has 0 atom stereocenters. The highest BCUT2D eigenvalue weighted by molar-refractivity contribution is 7.93. The fourth-order valence-corrected chi connectivity index (χ4v) is 1.45. The summed E-state index contributed by atoms with van der Waals surface area (Å²) in [5.41, 5.74) is 0.871. The van der Waals surface area contributed by atoms with Gasteiger partial charge in [-0.1, -0.05) is 24.8 Å². The Bertz CT molecular complexity index is 440. The second kappa shape index (κ2) is 4.39. The molecule has 0 bridgehead atoms. The third-order valence-corrected chi connectivity index (χ3v) is 2.63. The van der Waals surface area contributed by atoms with Crippen LogP contribution >= 0.6 is 0 Å². The number of hydrogen-bond donors (Lipinski definition) is 1. The molecule has 0 aliphatic rings. The van der Waals surface area contributed by atoms with Crippen molar-refractivity contribution in [3.05, 3.63) is 36.4 Å². The zero-order chi connectivity index (χ0) is 11.5. The van der Waals surface area contributed by atoms with E-state index in [1.165, 1.54) is 12.1 Å². The van der Waals surface area contributed by atoms with Gasteiger partial charge in [0.15, 0.2) is 0 Å². The van der Waals surface area contributed by atoms with Gasteiger partial charge in [-0.3, -0.25) is 4.72 Å². The van der Waals surface area contributed by atoms with Gasteiger partial charge in [0.05, 0.1) is 0 Å². The Morgan fingerprint density at radius 3 is 2.20 bits per heavy atom. The SMILES string of the molecule is C=Cc1ccc(NS(=O)(=O)C(F)F)cc1. The minimum absolute atomic E-state index is 0.0981. The van der Waals surface area contributed by atoms with Crippen LogP contribution in [-0.2, 0) is 10.0 Å². The lowest BCUT2D eigenvalue weighted by Crippen LogP contribution is -2.20. The van der Waals surface area contributed by atoms with Crippen LogP contribution < -0.4 is 4.72 Å². The Labute approximate surface area is 86.5 Å². The monoisotopic (exact) mass is 233 g/mol. The van der Waals surface area contributed by atoms with Crippen molar-refractivity contribution in [2.45, 2.75) is 5.76 Å². The van der Waals surface area contributed by atoms with Gasteiger partial charge in [-0.15, -0.1) is 0 Å². The Morgan fingerprint density at radius 1 is 1.27 bits per heavy atom. The van der Waals surface area contributed by atoms with Gasteiger partial charge in [0, 0.05) is 5.69 Å². The van der Waals surface area contributed by atoms with Gasteiger partial charge >= 0.3 is 5.76 Å². The van der Waals surface area contributed by atoms with E-state index in [9.17, 15) is 17.2 Å². The van der Waals surface area contributed by atoms with Crippen LogP contribution in [0.25, 0.3) is 6.08 Å². The van der Waals surface area contributed by atoms with Crippen molar-refractivity contribution < 1.29 is 17.2 Å². The second-order valence-corrected chi connectivity index (χ2v) is 4.38. The van der Waals surface area contributed by atoms with Crippen LogP contribution in [0.5, 0.6) is 0 Å². The number of alkyl halides is 2. The largest absolute Gasteiger partial charge is 0.355 e. The summed E-state index contributed by atoms with van der Waals surface area (Å²) < 4.78 is 47.3. The topological polar surface area (TPSA) is 46.2 Å². The van der Waals surface area contributed by atoms with Crippen molar-refractivity contribution in [2.24, 2.45) is 0 Å². The van der Waals surface area contributed by atoms with Crippen LogP contribution in [0.1, 0.15) is 5.56 Å². The first-order chi connectivity index (χ1) is 6.95. The highest BCUT2D eigenvalue weighted by Crippen LogP contribution is 2.14. The molecule has 6 heteroatoms. The molecule has 0 aliphatic heterocycles. The summed E-state index contributed by atoms with van der Waals surface area (Å²) in [6, 6.07) is 5.90. The van der Waals surface area contributed by atoms with E-state index < -0.39 is 15.8 Å². The first-order valence-electron chi connectivity index (χ1n) is 3.98. The third kappa shape index (κ3) is 3.02. The maximum atomic E-state index is 12.0. The first kappa shape index (κ1) is 11.6. The Hall–Kier alpha value is -1.43. The van der Waals surface area contributed by atoms with Crippen molar-refractivity contribution in [3.63, 3.8) is 0 Å². The fraction of sp³-hybridized carbons (Fsp3) is 0.111. The summed E-state index contributed by atoms with van der Waals surface area (Å²) in [6.45, 7) is 3.50. The second-order valence-electron chi connectivity index (χ2n) is 2.73. The smallest absolute Gasteiger partial charge is 0.279 e. The van der Waals surface area contributed by atoms with E-state index in [1.54, 1.807) is 22.9 Å². The van der Waals surface area contributed by atoms with Gasteiger partial charge in [0.25, 0.3) is 10.0 Å². The number of benzene rings is 1. The van der Waals surface area contributed by atoms with E-state index in [-0.39, 0.29) is 5.69 Å². The molecule has 82 valence electrons. The molecular weight excluding hydrogens is 224 g/mol. The van der Waals surface area contributed by atoms with E-state index in [0.717, 1.165) is 5.56 Å². The van der Waals surface area contributed by atoms with Gasteiger partial charge in [-0.2, -0.15) is 8.78 Å². The zero-order valence-electron chi connectivity index (χ0n) is 7.65. The number of rotatable bonds is 4. The molecule has 3 nitrogen and oxygen atoms in total. The van der Waals surface area contributed by atoms with Crippen LogP contribution in [0, 0.1) is 0 Å². The highest BCUT2D eigenvalue weighted by atomic mass is 32.2. The molecular formula is C9H9F2NO2S. The molecule has 0 radical (unpaired) electrons. The first-order valence-corrected chi connectivity index (χ1v) is 5.52. The van der Waals surface area contributed by atoms with Crippen molar-refractivity contribution in [1.82, 2.24) is 0 Å². The molecule has 15 heavy (non-hydrogen) atoms. The minimum atomic E-state index is -4.58. The summed E-state index contributed by atoms with van der Waals surface area (Å²) >= 11 is 0. The average molecular weight is 233 g/mol. The van der Waals surface area contributed by atoms with Crippen LogP contribution in [0.3, 0.4) is 0 Å². The normalized spacial score (nSPS) is 11.4. The Kier molecular flexibility index (Phi) is 3.41. The molecule has 1 aromatic carbocycles. The Morgan fingerprint density at radius 2 is 1.80 bits per heavy atom. The number of anilines is 1. The van der Waals surface area contributed by atoms with Crippen molar-refractivity contribution in [3.8, 4) is 0 Å². The quantitative estimate of drug-likeness (QED) is 0.867. The van der Waals surface area contributed by atoms with Crippen LogP contribution in [0.15, 0.2) is 30.8 Å². The minimum Gasteiger partial charge on any atom is -0.279 e. The molecule has 0 fully saturated rings. The number of halogens is 2. The predicted molar refractivity (Wildman–Crippen MR) is 55.1 cm³/mol. The number of sulfonamides is 1. The zero-order valence-corrected chi connectivity index (χ0v) is 8.47. The van der Waals surface area contributed by atoms with Gasteiger partial charge < -0.3 is 0 Å².